The summed E-state index contributed by atoms with van der Waals surface area (Å²) in [4.78, 5) is 23.6. The molecule has 0 bridgehead atoms. The molecule has 5 nitrogen and oxygen atoms in total. The molecule has 0 aliphatic heterocycles. The van der Waals surface area contributed by atoms with Crippen molar-refractivity contribution < 1.29 is 9.59 Å². The van der Waals surface area contributed by atoms with Crippen LogP contribution >= 0.6 is 0 Å². The molecule has 0 atom stereocenters. The van der Waals surface area contributed by atoms with Gasteiger partial charge in [-0.05, 0) is 37.5 Å². The molecule has 1 aliphatic carbocycles. The Hall–Kier alpha value is -2.04. The minimum absolute atomic E-state index is 0.0136. The predicted octanol–water partition coefficient (Wildman–Crippen LogP) is 3.29. The smallest absolute Gasteiger partial charge is 0.239 e. The van der Waals surface area contributed by atoms with Crippen LogP contribution < -0.4 is 16.0 Å². The zero-order chi connectivity index (χ0) is 16.5. The van der Waals surface area contributed by atoms with Crippen molar-refractivity contribution in [3.63, 3.8) is 0 Å². The Bertz CT molecular complexity index is 525. The molecular formula is C18H27N3O2. The van der Waals surface area contributed by atoms with Gasteiger partial charge in [-0.1, -0.05) is 32.3 Å². The summed E-state index contributed by atoms with van der Waals surface area (Å²) < 4.78 is 0. The molecule has 2 amide bonds. The molecule has 2 rings (SSSR count). The Morgan fingerprint density at radius 2 is 1.83 bits per heavy atom. The highest BCUT2D eigenvalue weighted by Gasteiger charge is 2.15. The van der Waals surface area contributed by atoms with Crippen molar-refractivity contribution in [2.75, 3.05) is 17.2 Å². The molecule has 0 saturated heterocycles. The second-order valence-corrected chi connectivity index (χ2v) is 6.13. The average Bonchev–Trinajstić information content (AvgIpc) is 2.54. The zero-order valence-corrected chi connectivity index (χ0v) is 13.9. The number of nitrogens with one attached hydrogen (secondary N) is 3. The molecule has 0 heterocycles. The summed E-state index contributed by atoms with van der Waals surface area (Å²) in [6.07, 6.45) is 7.21. The van der Waals surface area contributed by atoms with Gasteiger partial charge in [-0.25, -0.2) is 0 Å². The van der Waals surface area contributed by atoms with E-state index in [1.165, 1.54) is 19.3 Å². The van der Waals surface area contributed by atoms with Gasteiger partial charge in [0.05, 0.1) is 6.54 Å². The average molecular weight is 317 g/mol. The maximum atomic E-state index is 12.0. The van der Waals surface area contributed by atoms with Crippen LogP contribution in [-0.2, 0) is 9.59 Å². The molecule has 3 N–H and O–H groups in total. The molecule has 23 heavy (non-hydrogen) atoms. The van der Waals surface area contributed by atoms with Crippen LogP contribution in [0.25, 0.3) is 0 Å². The first kappa shape index (κ1) is 17.3. The van der Waals surface area contributed by atoms with Crippen LogP contribution in [-0.4, -0.2) is 24.4 Å². The number of carbonyl (C=O) groups excluding carboxylic acids is 2. The van der Waals surface area contributed by atoms with E-state index in [4.69, 9.17) is 0 Å². The summed E-state index contributed by atoms with van der Waals surface area (Å²) in [5.74, 6) is 0.0389. The lowest BCUT2D eigenvalue weighted by Crippen LogP contribution is -2.39. The van der Waals surface area contributed by atoms with E-state index < -0.39 is 0 Å². The summed E-state index contributed by atoms with van der Waals surface area (Å²) in [6.45, 7) is 2.23. The highest BCUT2D eigenvalue weighted by atomic mass is 16.2. The Morgan fingerprint density at radius 3 is 2.57 bits per heavy atom. The van der Waals surface area contributed by atoms with Gasteiger partial charge in [-0.3, -0.25) is 9.59 Å². The van der Waals surface area contributed by atoms with Crippen molar-refractivity contribution in [2.24, 2.45) is 0 Å². The van der Waals surface area contributed by atoms with Crippen LogP contribution in [0.3, 0.4) is 0 Å². The molecule has 126 valence electrons. The minimum atomic E-state index is 0.0136. The fourth-order valence-corrected chi connectivity index (χ4v) is 2.87. The number of hydrogen-bond donors (Lipinski definition) is 3. The molecule has 1 aromatic carbocycles. The minimum Gasteiger partial charge on any atom is -0.376 e. The van der Waals surface area contributed by atoms with E-state index in [9.17, 15) is 9.59 Å². The molecule has 0 unspecified atom stereocenters. The molecule has 0 aromatic heterocycles. The lowest BCUT2D eigenvalue weighted by Gasteiger charge is -2.22. The Balaban J connectivity index is 1.78. The molecule has 1 aliphatic rings. The topological polar surface area (TPSA) is 70.2 Å². The van der Waals surface area contributed by atoms with Crippen molar-refractivity contribution in [3.05, 3.63) is 24.3 Å². The number of anilines is 2. The van der Waals surface area contributed by atoms with E-state index in [0.29, 0.717) is 12.5 Å². The Labute approximate surface area is 138 Å². The summed E-state index contributed by atoms with van der Waals surface area (Å²) >= 11 is 0. The number of hydrogen-bond acceptors (Lipinski definition) is 3. The number of carbonyl (C=O) groups is 2. The van der Waals surface area contributed by atoms with E-state index in [0.717, 1.165) is 30.6 Å². The van der Waals surface area contributed by atoms with Crippen LogP contribution in [0.5, 0.6) is 0 Å². The van der Waals surface area contributed by atoms with Crippen LogP contribution in [0.2, 0.25) is 0 Å². The van der Waals surface area contributed by atoms with Gasteiger partial charge in [0, 0.05) is 23.8 Å². The third kappa shape index (κ3) is 6.30. The largest absolute Gasteiger partial charge is 0.376 e. The first-order chi connectivity index (χ1) is 11.2. The predicted molar refractivity (Wildman–Crippen MR) is 93.5 cm³/mol. The molecule has 1 saturated carbocycles. The van der Waals surface area contributed by atoms with Crippen molar-refractivity contribution >= 4 is 23.2 Å². The summed E-state index contributed by atoms with van der Waals surface area (Å²) in [5.41, 5.74) is 1.58. The van der Waals surface area contributed by atoms with Gasteiger partial charge in [-0.2, -0.15) is 0 Å². The van der Waals surface area contributed by atoms with Crippen molar-refractivity contribution in [3.8, 4) is 0 Å². The molecule has 5 heteroatoms. The summed E-state index contributed by atoms with van der Waals surface area (Å²) in [6, 6.07) is 7.78. The van der Waals surface area contributed by atoms with E-state index >= 15 is 0 Å². The monoisotopic (exact) mass is 317 g/mol. The molecule has 0 spiro atoms. The second kappa shape index (κ2) is 9.18. The van der Waals surface area contributed by atoms with Crippen molar-refractivity contribution in [2.45, 2.75) is 57.9 Å². The van der Waals surface area contributed by atoms with Gasteiger partial charge in [0.15, 0.2) is 0 Å². The molecule has 1 aromatic rings. The second-order valence-electron chi connectivity index (χ2n) is 6.13. The number of benzene rings is 1. The quantitative estimate of drug-likeness (QED) is 0.723. The van der Waals surface area contributed by atoms with E-state index in [2.05, 4.69) is 16.0 Å². The molecular weight excluding hydrogens is 290 g/mol. The van der Waals surface area contributed by atoms with Gasteiger partial charge >= 0.3 is 0 Å². The maximum Gasteiger partial charge on any atom is 0.239 e. The Morgan fingerprint density at radius 1 is 1.09 bits per heavy atom. The SMILES string of the molecule is CCCC(=O)Nc1cccc(NCC(=O)NC2CCCCC2)c1. The van der Waals surface area contributed by atoms with Crippen LogP contribution in [0.15, 0.2) is 24.3 Å². The van der Waals surface area contributed by atoms with Crippen LogP contribution in [0, 0.1) is 0 Å². The fourth-order valence-electron chi connectivity index (χ4n) is 2.87. The zero-order valence-electron chi connectivity index (χ0n) is 13.9. The molecule has 1 fully saturated rings. The van der Waals surface area contributed by atoms with E-state index in [-0.39, 0.29) is 18.4 Å². The van der Waals surface area contributed by atoms with Gasteiger partial charge in [-0.15, -0.1) is 0 Å². The summed E-state index contributed by atoms with van der Waals surface area (Å²) in [7, 11) is 0. The molecule has 0 radical (unpaired) electrons. The van der Waals surface area contributed by atoms with Gasteiger partial charge in [0.1, 0.15) is 0 Å². The third-order valence-electron chi connectivity index (χ3n) is 4.05. The lowest BCUT2D eigenvalue weighted by molar-refractivity contribution is -0.120. The third-order valence-corrected chi connectivity index (χ3v) is 4.05. The lowest BCUT2D eigenvalue weighted by atomic mass is 9.95. The Kier molecular flexibility index (Phi) is 6.91. The van der Waals surface area contributed by atoms with E-state index in [1.54, 1.807) is 0 Å². The maximum absolute atomic E-state index is 12.0. The highest BCUT2D eigenvalue weighted by molar-refractivity contribution is 5.91. The first-order valence-corrected chi connectivity index (χ1v) is 8.60. The van der Waals surface area contributed by atoms with Gasteiger partial charge in [0.25, 0.3) is 0 Å². The van der Waals surface area contributed by atoms with Gasteiger partial charge in [0.2, 0.25) is 11.8 Å². The first-order valence-electron chi connectivity index (χ1n) is 8.60. The van der Waals surface area contributed by atoms with Crippen molar-refractivity contribution in [1.82, 2.24) is 5.32 Å². The fraction of sp³-hybridized carbons (Fsp3) is 0.556. The van der Waals surface area contributed by atoms with Gasteiger partial charge < -0.3 is 16.0 Å². The highest BCUT2D eigenvalue weighted by Crippen LogP contribution is 2.18. The number of rotatable bonds is 7. The van der Waals surface area contributed by atoms with Crippen molar-refractivity contribution in [1.29, 1.82) is 0 Å². The normalized spacial score (nSPS) is 15.0. The standard InChI is InChI=1S/C18H27N3O2/c1-2-7-17(22)21-16-11-6-10-15(12-16)19-13-18(23)20-14-8-4-3-5-9-14/h6,10-12,14,19H,2-5,7-9,13H2,1H3,(H,20,23)(H,21,22). The van der Waals surface area contributed by atoms with Crippen LogP contribution in [0.1, 0.15) is 51.9 Å². The summed E-state index contributed by atoms with van der Waals surface area (Å²) in [5, 5.41) is 9.05. The van der Waals surface area contributed by atoms with Crippen LogP contribution in [0.4, 0.5) is 11.4 Å². The number of amides is 2. The van der Waals surface area contributed by atoms with E-state index in [1.807, 2.05) is 31.2 Å².